The van der Waals surface area contributed by atoms with Crippen LogP contribution in [0.2, 0.25) is 0 Å². The fraction of sp³-hybridized carbons (Fsp3) is 0.611. The summed E-state index contributed by atoms with van der Waals surface area (Å²) in [5.74, 6) is 0.803. The van der Waals surface area contributed by atoms with E-state index in [-0.39, 0.29) is 5.24 Å². The smallest absolute Gasteiger partial charge is 0.252 e. The van der Waals surface area contributed by atoms with Crippen molar-refractivity contribution in [2.24, 2.45) is 11.3 Å². The normalized spacial score (nSPS) is 32.6. The highest BCUT2D eigenvalue weighted by molar-refractivity contribution is 6.67. The molecule has 1 nitrogen and oxygen atoms in total. The van der Waals surface area contributed by atoms with E-state index in [0.717, 1.165) is 5.92 Å². The molecule has 4 rings (SSSR count). The van der Waals surface area contributed by atoms with Crippen LogP contribution in [-0.2, 0) is 5.41 Å². The first-order valence-electron chi connectivity index (χ1n) is 7.78. The molecule has 0 saturated heterocycles. The summed E-state index contributed by atoms with van der Waals surface area (Å²) in [6.45, 7) is 4.78. The van der Waals surface area contributed by atoms with Gasteiger partial charge in [-0.2, -0.15) is 0 Å². The van der Waals surface area contributed by atoms with Crippen molar-refractivity contribution in [3.05, 3.63) is 35.4 Å². The van der Waals surface area contributed by atoms with Gasteiger partial charge in [0.25, 0.3) is 5.24 Å². The van der Waals surface area contributed by atoms with Crippen LogP contribution in [0, 0.1) is 11.3 Å². The highest BCUT2D eigenvalue weighted by Gasteiger charge is 2.50. The van der Waals surface area contributed by atoms with E-state index in [1.54, 1.807) is 0 Å². The van der Waals surface area contributed by atoms with E-state index in [4.69, 9.17) is 11.6 Å². The van der Waals surface area contributed by atoms with Gasteiger partial charge >= 0.3 is 0 Å². The topological polar surface area (TPSA) is 17.1 Å². The third kappa shape index (κ3) is 2.11. The second-order valence-corrected chi connectivity index (χ2v) is 7.49. The number of carbonyl (C=O) groups excluding carboxylic acids is 1. The van der Waals surface area contributed by atoms with Crippen molar-refractivity contribution in [1.29, 1.82) is 0 Å². The number of fused-ring (bicyclic) bond motifs is 3. The molecule has 0 aliphatic heterocycles. The third-order valence-electron chi connectivity index (χ3n) is 6.25. The number of hydrogen-bond donors (Lipinski definition) is 0. The molecule has 2 bridgehead atoms. The summed E-state index contributed by atoms with van der Waals surface area (Å²) in [4.78, 5) is 11.2. The van der Waals surface area contributed by atoms with E-state index in [2.05, 4.69) is 26.0 Å². The molecule has 0 unspecified atom stereocenters. The fourth-order valence-corrected chi connectivity index (χ4v) is 4.59. The van der Waals surface area contributed by atoms with Crippen LogP contribution >= 0.6 is 11.6 Å². The zero-order valence-electron chi connectivity index (χ0n) is 12.4. The standard InChI is InChI=1S/C18H23ClO/c1-13(2)17-7-10-18(11-8-17,12-9-17)15-5-3-14(4-6-15)16(19)20/h3-6,13H,7-12H2,1-2H3. The molecule has 20 heavy (non-hydrogen) atoms. The predicted octanol–water partition coefficient (Wildman–Crippen LogP) is 5.31. The van der Waals surface area contributed by atoms with Crippen LogP contribution < -0.4 is 0 Å². The summed E-state index contributed by atoms with van der Waals surface area (Å²) >= 11 is 5.53. The van der Waals surface area contributed by atoms with Crippen LogP contribution in [-0.4, -0.2) is 5.24 Å². The molecule has 1 aromatic rings. The van der Waals surface area contributed by atoms with Gasteiger partial charge in [-0.1, -0.05) is 26.0 Å². The summed E-state index contributed by atoms with van der Waals surface area (Å²) in [5, 5.41) is -0.361. The van der Waals surface area contributed by atoms with Gasteiger partial charge in [-0.15, -0.1) is 0 Å². The van der Waals surface area contributed by atoms with Gasteiger partial charge in [0.15, 0.2) is 0 Å². The van der Waals surface area contributed by atoms with Crippen molar-refractivity contribution in [1.82, 2.24) is 0 Å². The molecule has 2 heteroatoms. The van der Waals surface area contributed by atoms with Crippen LogP contribution in [0.1, 0.15) is 68.3 Å². The molecule has 3 aliphatic rings. The molecular weight excluding hydrogens is 268 g/mol. The van der Waals surface area contributed by atoms with Crippen LogP contribution in [0.3, 0.4) is 0 Å². The highest BCUT2D eigenvalue weighted by Crippen LogP contribution is 2.60. The van der Waals surface area contributed by atoms with E-state index in [1.807, 2.05) is 12.1 Å². The average molecular weight is 291 g/mol. The largest absolute Gasteiger partial charge is 0.276 e. The Morgan fingerprint density at radius 2 is 1.50 bits per heavy atom. The van der Waals surface area contributed by atoms with E-state index in [9.17, 15) is 4.79 Å². The van der Waals surface area contributed by atoms with E-state index >= 15 is 0 Å². The third-order valence-corrected chi connectivity index (χ3v) is 6.47. The molecular formula is C18H23ClO. The molecule has 3 fully saturated rings. The molecule has 3 aliphatic carbocycles. The Balaban J connectivity index is 1.84. The average Bonchev–Trinajstić information content (AvgIpc) is 2.49. The molecule has 0 amide bonds. The van der Waals surface area contributed by atoms with Gasteiger partial charge in [-0.3, -0.25) is 4.79 Å². The van der Waals surface area contributed by atoms with Gasteiger partial charge in [-0.25, -0.2) is 0 Å². The number of halogens is 1. The molecule has 0 atom stereocenters. The first-order chi connectivity index (χ1) is 9.47. The quantitative estimate of drug-likeness (QED) is 0.689. The second-order valence-electron chi connectivity index (χ2n) is 7.15. The van der Waals surface area contributed by atoms with Gasteiger partial charge in [-0.05, 0) is 84.6 Å². The fourth-order valence-electron chi connectivity index (χ4n) is 4.47. The van der Waals surface area contributed by atoms with Crippen LogP contribution in [0.4, 0.5) is 0 Å². The van der Waals surface area contributed by atoms with Crippen molar-refractivity contribution in [2.45, 2.75) is 57.8 Å². The van der Waals surface area contributed by atoms with E-state index in [1.165, 1.54) is 44.1 Å². The Hall–Kier alpha value is -0.820. The summed E-state index contributed by atoms with van der Waals surface area (Å²) < 4.78 is 0. The van der Waals surface area contributed by atoms with Crippen LogP contribution in [0.25, 0.3) is 0 Å². The lowest BCUT2D eigenvalue weighted by Crippen LogP contribution is -2.46. The minimum Gasteiger partial charge on any atom is -0.276 e. The molecule has 0 spiro atoms. The van der Waals surface area contributed by atoms with E-state index in [0.29, 0.717) is 16.4 Å². The minimum atomic E-state index is -0.361. The summed E-state index contributed by atoms with van der Waals surface area (Å²) in [6, 6.07) is 8.03. The molecule has 1 aromatic carbocycles. The lowest BCUT2D eigenvalue weighted by atomic mass is 9.49. The number of carbonyl (C=O) groups is 1. The Kier molecular flexibility index (Phi) is 3.44. The maximum absolute atomic E-state index is 11.2. The van der Waals surface area contributed by atoms with Crippen LogP contribution in [0.15, 0.2) is 24.3 Å². The number of benzene rings is 1. The molecule has 108 valence electrons. The van der Waals surface area contributed by atoms with Gasteiger partial charge in [0.05, 0.1) is 0 Å². The first-order valence-corrected chi connectivity index (χ1v) is 8.16. The summed E-state index contributed by atoms with van der Waals surface area (Å²) in [7, 11) is 0. The highest BCUT2D eigenvalue weighted by atomic mass is 35.5. The molecule has 0 radical (unpaired) electrons. The predicted molar refractivity (Wildman–Crippen MR) is 83.3 cm³/mol. The Morgan fingerprint density at radius 3 is 1.90 bits per heavy atom. The zero-order chi connectivity index (χ0) is 14.4. The maximum Gasteiger partial charge on any atom is 0.252 e. The van der Waals surface area contributed by atoms with Crippen molar-refractivity contribution >= 4 is 16.8 Å². The van der Waals surface area contributed by atoms with Crippen molar-refractivity contribution in [3.8, 4) is 0 Å². The monoisotopic (exact) mass is 290 g/mol. The molecule has 0 N–H and O–H groups in total. The SMILES string of the molecule is CC(C)C12CCC(c3ccc(C(=O)Cl)cc3)(CC1)CC2. The molecule has 0 aromatic heterocycles. The molecule has 3 saturated carbocycles. The first kappa shape index (κ1) is 14.1. The Morgan fingerprint density at radius 1 is 1.00 bits per heavy atom. The molecule has 0 heterocycles. The summed E-state index contributed by atoms with van der Waals surface area (Å²) in [6.07, 6.45) is 8.00. The van der Waals surface area contributed by atoms with Gasteiger partial charge in [0, 0.05) is 5.56 Å². The lowest BCUT2D eigenvalue weighted by Gasteiger charge is -2.56. The van der Waals surface area contributed by atoms with Gasteiger partial charge in [0.1, 0.15) is 0 Å². The van der Waals surface area contributed by atoms with Crippen LogP contribution in [0.5, 0.6) is 0 Å². The van der Waals surface area contributed by atoms with Crippen molar-refractivity contribution < 1.29 is 4.79 Å². The minimum absolute atomic E-state index is 0.361. The van der Waals surface area contributed by atoms with E-state index < -0.39 is 0 Å². The summed E-state index contributed by atoms with van der Waals surface area (Å²) in [5.41, 5.74) is 2.99. The Labute approximate surface area is 126 Å². The van der Waals surface area contributed by atoms with Crippen molar-refractivity contribution in [3.63, 3.8) is 0 Å². The zero-order valence-corrected chi connectivity index (χ0v) is 13.2. The number of rotatable bonds is 3. The lowest BCUT2D eigenvalue weighted by molar-refractivity contribution is 0.00186. The van der Waals surface area contributed by atoms with Crippen molar-refractivity contribution in [2.75, 3.05) is 0 Å². The van der Waals surface area contributed by atoms with Gasteiger partial charge < -0.3 is 0 Å². The second kappa shape index (κ2) is 4.87. The van der Waals surface area contributed by atoms with Gasteiger partial charge in [0.2, 0.25) is 0 Å². The Bertz CT molecular complexity index is 490. The number of hydrogen-bond acceptors (Lipinski definition) is 1. The maximum atomic E-state index is 11.2.